The van der Waals surface area contributed by atoms with Gasteiger partial charge in [-0.05, 0) is 44.5 Å². The van der Waals surface area contributed by atoms with Gasteiger partial charge < -0.3 is 10.1 Å². The molecule has 0 saturated heterocycles. The Morgan fingerprint density at radius 1 is 1.44 bits per heavy atom. The second-order valence-corrected chi connectivity index (χ2v) is 6.13. The van der Waals surface area contributed by atoms with Crippen LogP contribution in [-0.4, -0.2) is 18.7 Å². The highest BCUT2D eigenvalue weighted by Crippen LogP contribution is 2.21. The van der Waals surface area contributed by atoms with Crippen molar-refractivity contribution in [1.82, 2.24) is 5.32 Å². The van der Waals surface area contributed by atoms with E-state index in [0.29, 0.717) is 17.6 Å². The Morgan fingerprint density at radius 3 is 2.67 bits per heavy atom. The number of hydrogen-bond acceptors (Lipinski definition) is 2. The molecule has 0 bridgehead atoms. The van der Waals surface area contributed by atoms with E-state index in [4.69, 9.17) is 4.74 Å². The van der Waals surface area contributed by atoms with Crippen LogP contribution in [0.15, 0.2) is 34.8 Å². The van der Waals surface area contributed by atoms with Gasteiger partial charge in [0.25, 0.3) is 0 Å². The van der Waals surface area contributed by atoms with Gasteiger partial charge in [0.2, 0.25) is 0 Å². The molecule has 0 amide bonds. The average molecular weight is 316 g/mol. The highest BCUT2D eigenvalue weighted by molar-refractivity contribution is 9.10. The first kappa shape index (κ1) is 15.2. The zero-order valence-corrected chi connectivity index (χ0v) is 12.6. The lowest BCUT2D eigenvalue weighted by Crippen LogP contribution is -2.37. The SMILES string of the molecule is C=C(CNC(C)(C)C)COc1ccc(Br)cc1F. The third kappa shape index (κ3) is 5.65. The van der Waals surface area contributed by atoms with Crippen LogP contribution in [0.25, 0.3) is 0 Å². The minimum atomic E-state index is -0.374. The predicted molar refractivity (Wildman–Crippen MR) is 76.5 cm³/mol. The average Bonchev–Trinajstić information content (AvgIpc) is 2.24. The van der Waals surface area contributed by atoms with Crippen molar-refractivity contribution >= 4 is 15.9 Å². The second-order valence-electron chi connectivity index (χ2n) is 5.22. The molecule has 0 saturated carbocycles. The fourth-order valence-electron chi connectivity index (χ4n) is 1.21. The molecule has 0 radical (unpaired) electrons. The lowest BCUT2D eigenvalue weighted by Gasteiger charge is -2.21. The molecule has 0 aliphatic carbocycles. The summed E-state index contributed by atoms with van der Waals surface area (Å²) in [5.74, 6) is -0.129. The predicted octanol–water partition coefficient (Wildman–Crippen LogP) is 3.91. The standard InChI is InChI=1S/C14H19BrFNO/c1-10(8-17-14(2,3)4)9-18-13-6-5-11(15)7-12(13)16/h5-7,17H,1,8-9H2,2-4H3. The maximum absolute atomic E-state index is 13.5. The Kier molecular flexibility index (Phi) is 5.35. The smallest absolute Gasteiger partial charge is 0.166 e. The van der Waals surface area contributed by atoms with Gasteiger partial charge in [0.15, 0.2) is 11.6 Å². The van der Waals surface area contributed by atoms with Crippen LogP contribution in [0.4, 0.5) is 4.39 Å². The van der Waals surface area contributed by atoms with Gasteiger partial charge in [-0.2, -0.15) is 0 Å². The lowest BCUT2D eigenvalue weighted by molar-refractivity contribution is 0.324. The van der Waals surface area contributed by atoms with Crippen LogP contribution in [0.3, 0.4) is 0 Å². The summed E-state index contributed by atoms with van der Waals surface area (Å²) >= 11 is 3.20. The third-order valence-electron chi connectivity index (χ3n) is 2.19. The van der Waals surface area contributed by atoms with Crippen molar-refractivity contribution in [3.05, 3.63) is 40.6 Å². The van der Waals surface area contributed by atoms with Gasteiger partial charge in [-0.25, -0.2) is 4.39 Å². The Labute approximate surface area is 116 Å². The number of halogens is 2. The monoisotopic (exact) mass is 315 g/mol. The molecule has 0 aliphatic rings. The van der Waals surface area contributed by atoms with Gasteiger partial charge in [0, 0.05) is 16.6 Å². The number of hydrogen-bond donors (Lipinski definition) is 1. The second kappa shape index (κ2) is 6.34. The van der Waals surface area contributed by atoms with Crippen molar-refractivity contribution in [1.29, 1.82) is 0 Å². The van der Waals surface area contributed by atoms with Gasteiger partial charge in [-0.1, -0.05) is 22.5 Å². The molecule has 4 heteroatoms. The maximum atomic E-state index is 13.5. The van der Waals surface area contributed by atoms with Crippen LogP contribution in [-0.2, 0) is 0 Å². The molecule has 0 spiro atoms. The third-order valence-corrected chi connectivity index (χ3v) is 2.69. The number of benzene rings is 1. The molecule has 0 aromatic heterocycles. The van der Waals surface area contributed by atoms with Crippen molar-refractivity contribution in [2.45, 2.75) is 26.3 Å². The van der Waals surface area contributed by atoms with Crippen LogP contribution < -0.4 is 10.1 Å². The van der Waals surface area contributed by atoms with Crippen LogP contribution in [0.1, 0.15) is 20.8 Å². The minimum absolute atomic E-state index is 0.0335. The highest BCUT2D eigenvalue weighted by atomic mass is 79.9. The molecule has 2 nitrogen and oxygen atoms in total. The first-order valence-electron chi connectivity index (χ1n) is 5.77. The van der Waals surface area contributed by atoms with Gasteiger partial charge in [-0.15, -0.1) is 0 Å². The Bertz CT molecular complexity index is 426. The van der Waals surface area contributed by atoms with E-state index in [9.17, 15) is 4.39 Å². The van der Waals surface area contributed by atoms with E-state index in [1.54, 1.807) is 12.1 Å². The van der Waals surface area contributed by atoms with Gasteiger partial charge >= 0.3 is 0 Å². The molecule has 1 rings (SSSR count). The lowest BCUT2D eigenvalue weighted by atomic mass is 10.1. The first-order valence-corrected chi connectivity index (χ1v) is 6.57. The first-order chi connectivity index (χ1) is 8.28. The van der Waals surface area contributed by atoms with Gasteiger partial charge in [0.1, 0.15) is 6.61 Å². The summed E-state index contributed by atoms with van der Waals surface area (Å²) in [6, 6.07) is 4.73. The van der Waals surface area contributed by atoms with Gasteiger partial charge in [0.05, 0.1) is 0 Å². The molecule has 1 aromatic carbocycles. The van der Waals surface area contributed by atoms with Crippen LogP contribution in [0.2, 0.25) is 0 Å². The molecule has 0 atom stereocenters. The fourth-order valence-corrected chi connectivity index (χ4v) is 1.55. The summed E-state index contributed by atoms with van der Waals surface area (Å²) in [7, 11) is 0. The molecule has 1 aromatic rings. The molecule has 1 N–H and O–H groups in total. The summed E-state index contributed by atoms with van der Waals surface area (Å²) in [6.07, 6.45) is 0. The normalized spacial score (nSPS) is 11.4. The molecule has 100 valence electrons. The summed E-state index contributed by atoms with van der Waals surface area (Å²) in [5.41, 5.74) is 0.915. The molecule has 0 unspecified atom stereocenters. The number of rotatable bonds is 5. The van der Waals surface area contributed by atoms with Crippen molar-refractivity contribution < 1.29 is 9.13 Å². The summed E-state index contributed by atoms with van der Waals surface area (Å²) in [6.45, 7) is 11.1. The molecule has 0 aliphatic heterocycles. The number of nitrogens with one attached hydrogen (secondary N) is 1. The molecule has 0 fully saturated rings. The molecule has 0 heterocycles. The number of ether oxygens (including phenoxy) is 1. The Hall–Kier alpha value is -0.870. The largest absolute Gasteiger partial charge is 0.486 e. The van der Waals surface area contributed by atoms with Crippen LogP contribution in [0, 0.1) is 5.82 Å². The van der Waals surface area contributed by atoms with E-state index in [0.717, 1.165) is 5.57 Å². The summed E-state index contributed by atoms with van der Waals surface area (Å²) < 4.78 is 19.6. The highest BCUT2D eigenvalue weighted by Gasteiger charge is 2.09. The van der Waals surface area contributed by atoms with Crippen molar-refractivity contribution in [2.24, 2.45) is 0 Å². The molecule has 18 heavy (non-hydrogen) atoms. The minimum Gasteiger partial charge on any atom is -0.486 e. The van der Waals surface area contributed by atoms with E-state index >= 15 is 0 Å². The van der Waals surface area contributed by atoms with E-state index in [1.165, 1.54) is 6.07 Å². The maximum Gasteiger partial charge on any atom is 0.166 e. The van der Waals surface area contributed by atoms with Crippen molar-refractivity contribution in [3.63, 3.8) is 0 Å². The van der Waals surface area contributed by atoms with Crippen LogP contribution >= 0.6 is 15.9 Å². The van der Waals surface area contributed by atoms with Crippen molar-refractivity contribution in [2.75, 3.05) is 13.2 Å². The van der Waals surface area contributed by atoms with Gasteiger partial charge in [-0.3, -0.25) is 0 Å². The fraction of sp³-hybridized carbons (Fsp3) is 0.429. The molecular weight excluding hydrogens is 297 g/mol. The van der Waals surface area contributed by atoms with E-state index in [-0.39, 0.29) is 17.1 Å². The summed E-state index contributed by atoms with van der Waals surface area (Å²) in [5, 5.41) is 3.30. The topological polar surface area (TPSA) is 21.3 Å². The zero-order valence-electron chi connectivity index (χ0n) is 11.0. The Morgan fingerprint density at radius 2 is 2.11 bits per heavy atom. The molecular formula is C14H19BrFNO. The zero-order chi connectivity index (χ0) is 13.8. The van der Waals surface area contributed by atoms with E-state index < -0.39 is 0 Å². The summed E-state index contributed by atoms with van der Waals surface area (Å²) in [4.78, 5) is 0. The van der Waals surface area contributed by atoms with Crippen LogP contribution in [0.5, 0.6) is 5.75 Å². The Balaban J connectivity index is 2.43. The van der Waals surface area contributed by atoms with Crippen molar-refractivity contribution in [3.8, 4) is 5.75 Å². The van der Waals surface area contributed by atoms with E-state index in [1.807, 2.05) is 0 Å². The quantitative estimate of drug-likeness (QED) is 0.832. The van der Waals surface area contributed by atoms with E-state index in [2.05, 4.69) is 48.6 Å².